The number of carbonyl (C=O) groups excluding carboxylic acids is 2. The molecule has 0 heterocycles. The van der Waals surface area contributed by atoms with Crippen LogP contribution < -0.4 is 15.4 Å². The molecule has 0 aromatic heterocycles. The van der Waals surface area contributed by atoms with Crippen molar-refractivity contribution in [3.63, 3.8) is 0 Å². The van der Waals surface area contributed by atoms with Crippen molar-refractivity contribution < 1.29 is 18.7 Å². The van der Waals surface area contributed by atoms with Gasteiger partial charge in [0.05, 0.1) is 0 Å². The number of hydrogen-bond donors (Lipinski definition) is 2. The highest BCUT2D eigenvalue weighted by Crippen LogP contribution is 2.26. The molecule has 8 heteroatoms. The molecule has 0 aliphatic rings. The van der Waals surface area contributed by atoms with Crippen molar-refractivity contribution in [1.29, 1.82) is 5.26 Å². The Balaban J connectivity index is 1.73. The van der Waals surface area contributed by atoms with Crippen LogP contribution in [-0.4, -0.2) is 18.4 Å². The van der Waals surface area contributed by atoms with Gasteiger partial charge in [-0.05, 0) is 60.7 Å². The van der Waals surface area contributed by atoms with Crippen LogP contribution in [0, 0.1) is 17.1 Å². The van der Waals surface area contributed by atoms with Gasteiger partial charge >= 0.3 is 0 Å². The highest BCUT2D eigenvalue weighted by atomic mass is 79.9. The fraction of sp³-hybridized carbons (Fsp3) is 0.0417. The van der Waals surface area contributed by atoms with Gasteiger partial charge < -0.3 is 15.4 Å². The van der Waals surface area contributed by atoms with Crippen LogP contribution >= 0.6 is 15.9 Å². The molecule has 160 valence electrons. The standard InChI is InChI=1S/C24H17BrFN3O3/c25-18-6-11-22(32-15-23(30)28-21-9-7-19(26)8-10-21)16(13-18)12-17(14-27)24(31)29-20-4-2-1-3-5-20/h1-13H,15H2,(H,28,30)(H,29,31)/b17-12+. The van der Waals surface area contributed by atoms with E-state index in [0.717, 1.165) is 0 Å². The molecule has 0 radical (unpaired) electrons. The average Bonchev–Trinajstić information content (AvgIpc) is 2.79. The third kappa shape index (κ3) is 6.52. The summed E-state index contributed by atoms with van der Waals surface area (Å²) in [5.74, 6) is -1.12. The number of nitriles is 1. The molecule has 0 saturated carbocycles. The second-order valence-electron chi connectivity index (χ2n) is 6.52. The van der Waals surface area contributed by atoms with E-state index in [0.29, 0.717) is 27.2 Å². The first-order valence-electron chi connectivity index (χ1n) is 9.40. The maximum absolute atomic E-state index is 13.0. The lowest BCUT2D eigenvalue weighted by Gasteiger charge is -2.11. The van der Waals surface area contributed by atoms with Crippen molar-refractivity contribution >= 4 is 45.2 Å². The first-order chi connectivity index (χ1) is 15.4. The van der Waals surface area contributed by atoms with E-state index in [1.54, 1.807) is 42.5 Å². The molecule has 2 N–H and O–H groups in total. The van der Waals surface area contributed by atoms with Crippen LogP contribution in [0.5, 0.6) is 5.75 Å². The van der Waals surface area contributed by atoms with E-state index in [4.69, 9.17) is 4.74 Å². The Labute approximate surface area is 192 Å². The molecule has 0 fully saturated rings. The lowest BCUT2D eigenvalue weighted by molar-refractivity contribution is -0.118. The van der Waals surface area contributed by atoms with Gasteiger partial charge in [0, 0.05) is 21.4 Å². The second kappa shape index (κ2) is 10.9. The number of benzene rings is 3. The molecule has 0 aliphatic carbocycles. The highest BCUT2D eigenvalue weighted by Gasteiger charge is 2.13. The summed E-state index contributed by atoms with van der Waals surface area (Å²) in [6, 6.07) is 21.0. The summed E-state index contributed by atoms with van der Waals surface area (Å²) in [6.07, 6.45) is 1.39. The summed E-state index contributed by atoms with van der Waals surface area (Å²) in [5.41, 5.74) is 1.29. The second-order valence-corrected chi connectivity index (χ2v) is 7.43. The Hall–Kier alpha value is -3.96. The topological polar surface area (TPSA) is 91.2 Å². The molecule has 0 atom stereocenters. The van der Waals surface area contributed by atoms with E-state index in [9.17, 15) is 19.2 Å². The van der Waals surface area contributed by atoms with Gasteiger partial charge in [0.1, 0.15) is 23.2 Å². The number of nitrogens with zero attached hydrogens (tertiary/aromatic N) is 1. The Kier molecular flexibility index (Phi) is 7.73. The van der Waals surface area contributed by atoms with E-state index in [2.05, 4.69) is 26.6 Å². The first-order valence-corrected chi connectivity index (χ1v) is 10.2. The predicted octanol–water partition coefficient (Wildman–Crippen LogP) is 5.15. The monoisotopic (exact) mass is 493 g/mol. The minimum absolute atomic E-state index is 0.132. The van der Waals surface area contributed by atoms with Crippen molar-refractivity contribution in [1.82, 2.24) is 0 Å². The van der Waals surface area contributed by atoms with Crippen molar-refractivity contribution in [3.8, 4) is 11.8 Å². The smallest absolute Gasteiger partial charge is 0.266 e. The SMILES string of the molecule is N#C/C(=C\c1cc(Br)ccc1OCC(=O)Nc1ccc(F)cc1)C(=O)Nc1ccccc1. The summed E-state index contributed by atoms with van der Waals surface area (Å²) in [6.45, 7) is -0.321. The number of nitrogens with one attached hydrogen (secondary N) is 2. The van der Waals surface area contributed by atoms with Gasteiger partial charge in [-0.1, -0.05) is 34.1 Å². The van der Waals surface area contributed by atoms with Crippen LogP contribution in [0.15, 0.2) is 82.8 Å². The van der Waals surface area contributed by atoms with Crippen LogP contribution in [-0.2, 0) is 9.59 Å². The molecular formula is C24H17BrFN3O3. The van der Waals surface area contributed by atoms with Gasteiger partial charge in [-0.15, -0.1) is 0 Å². The van der Waals surface area contributed by atoms with Crippen LogP contribution in [0.25, 0.3) is 6.08 Å². The maximum Gasteiger partial charge on any atom is 0.266 e. The number of anilines is 2. The number of hydrogen-bond acceptors (Lipinski definition) is 4. The number of para-hydroxylation sites is 1. The zero-order valence-corrected chi connectivity index (χ0v) is 18.2. The lowest BCUT2D eigenvalue weighted by atomic mass is 10.1. The minimum Gasteiger partial charge on any atom is -0.483 e. The molecule has 6 nitrogen and oxygen atoms in total. The molecule has 0 aliphatic heterocycles. The van der Waals surface area contributed by atoms with Gasteiger partial charge in [0.15, 0.2) is 6.61 Å². The van der Waals surface area contributed by atoms with Gasteiger partial charge in [0.2, 0.25) is 0 Å². The number of rotatable bonds is 7. The predicted molar refractivity (Wildman–Crippen MR) is 123 cm³/mol. The van der Waals surface area contributed by atoms with Crippen LogP contribution in [0.3, 0.4) is 0 Å². The summed E-state index contributed by atoms with van der Waals surface area (Å²) >= 11 is 3.35. The van der Waals surface area contributed by atoms with Gasteiger partial charge in [-0.3, -0.25) is 9.59 Å². The summed E-state index contributed by atoms with van der Waals surface area (Å²) in [4.78, 5) is 24.7. The molecule has 3 aromatic rings. The molecule has 3 aromatic carbocycles. The molecule has 0 unspecified atom stereocenters. The van der Waals surface area contributed by atoms with Crippen molar-refractivity contribution in [2.75, 3.05) is 17.2 Å². The van der Waals surface area contributed by atoms with E-state index < -0.39 is 17.6 Å². The molecule has 0 spiro atoms. The Morgan fingerprint density at radius 3 is 2.38 bits per heavy atom. The fourth-order valence-corrected chi connectivity index (χ4v) is 3.04. The van der Waals surface area contributed by atoms with E-state index >= 15 is 0 Å². The normalized spacial score (nSPS) is 10.7. The first kappa shape index (κ1) is 22.7. The van der Waals surface area contributed by atoms with Gasteiger partial charge in [-0.25, -0.2) is 4.39 Å². The minimum atomic E-state index is -0.571. The Bertz CT molecular complexity index is 1190. The van der Waals surface area contributed by atoms with Crippen molar-refractivity contribution in [2.45, 2.75) is 0 Å². The van der Waals surface area contributed by atoms with Crippen LogP contribution in [0.2, 0.25) is 0 Å². The Morgan fingerprint density at radius 1 is 1.00 bits per heavy atom. The van der Waals surface area contributed by atoms with Gasteiger partial charge in [-0.2, -0.15) is 5.26 Å². The summed E-state index contributed by atoms with van der Waals surface area (Å²) < 4.78 is 19.3. The third-order valence-corrected chi connectivity index (χ3v) is 4.65. The van der Waals surface area contributed by atoms with E-state index in [1.165, 1.54) is 30.3 Å². The average molecular weight is 494 g/mol. The largest absolute Gasteiger partial charge is 0.483 e. The molecule has 0 bridgehead atoms. The highest BCUT2D eigenvalue weighted by molar-refractivity contribution is 9.10. The lowest BCUT2D eigenvalue weighted by Crippen LogP contribution is -2.20. The fourth-order valence-electron chi connectivity index (χ4n) is 2.66. The van der Waals surface area contributed by atoms with Crippen LogP contribution in [0.1, 0.15) is 5.56 Å². The van der Waals surface area contributed by atoms with E-state index in [-0.39, 0.29) is 12.2 Å². The van der Waals surface area contributed by atoms with E-state index in [1.807, 2.05) is 12.1 Å². The van der Waals surface area contributed by atoms with Crippen molar-refractivity contribution in [3.05, 3.63) is 94.2 Å². The zero-order chi connectivity index (χ0) is 22.9. The molecular weight excluding hydrogens is 477 g/mol. The molecule has 32 heavy (non-hydrogen) atoms. The number of carbonyl (C=O) groups is 2. The van der Waals surface area contributed by atoms with Gasteiger partial charge in [0.25, 0.3) is 11.8 Å². The number of amides is 2. The molecule has 0 saturated heterocycles. The molecule has 2 amide bonds. The summed E-state index contributed by atoms with van der Waals surface area (Å²) in [5, 5.41) is 14.7. The Morgan fingerprint density at radius 2 is 1.69 bits per heavy atom. The van der Waals surface area contributed by atoms with Crippen LogP contribution in [0.4, 0.5) is 15.8 Å². The quantitative estimate of drug-likeness (QED) is 0.351. The van der Waals surface area contributed by atoms with Crippen molar-refractivity contribution in [2.24, 2.45) is 0 Å². The number of halogens is 2. The summed E-state index contributed by atoms with van der Waals surface area (Å²) in [7, 11) is 0. The zero-order valence-electron chi connectivity index (χ0n) is 16.6. The molecule has 3 rings (SSSR count). The number of ether oxygens (including phenoxy) is 1. The third-order valence-electron chi connectivity index (χ3n) is 4.16. The maximum atomic E-state index is 13.0.